The Morgan fingerprint density at radius 1 is 1.42 bits per heavy atom. The zero-order valence-electron chi connectivity index (χ0n) is 12.8. The average molecular weight is 350 g/mol. The number of hydrogen-bond acceptors (Lipinski definition) is 4. The molecule has 7 heteroatoms. The number of carbonyl (C=O) groups is 1. The lowest BCUT2D eigenvalue weighted by atomic mass is 10.0. The van der Waals surface area contributed by atoms with Crippen LogP contribution >= 0.6 is 11.6 Å². The van der Waals surface area contributed by atoms with E-state index in [1.165, 1.54) is 18.3 Å². The molecule has 2 N–H and O–H groups in total. The Labute approximate surface area is 144 Å². The van der Waals surface area contributed by atoms with Crippen molar-refractivity contribution in [3.05, 3.63) is 59.0 Å². The lowest BCUT2D eigenvalue weighted by Crippen LogP contribution is -2.34. The van der Waals surface area contributed by atoms with E-state index in [2.05, 4.69) is 10.3 Å². The van der Waals surface area contributed by atoms with Crippen molar-refractivity contribution in [2.75, 3.05) is 18.4 Å². The Bertz CT molecular complexity index is 726. The minimum absolute atomic E-state index is 0.0859. The van der Waals surface area contributed by atoms with Crippen LogP contribution in [0.4, 0.5) is 10.2 Å². The first-order valence-electron chi connectivity index (χ1n) is 7.60. The van der Waals surface area contributed by atoms with Crippen LogP contribution in [0.2, 0.25) is 5.02 Å². The first kappa shape index (κ1) is 16.8. The highest BCUT2D eigenvalue weighted by Gasteiger charge is 2.33. The zero-order chi connectivity index (χ0) is 17.1. The highest BCUT2D eigenvalue weighted by molar-refractivity contribution is 6.30. The number of aliphatic hydroxyl groups excluding tert-OH is 1. The maximum absolute atomic E-state index is 13.4. The summed E-state index contributed by atoms with van der Waals surface area (Å²) in [6, 6.07) is 9.30. The van der Waals surface area contributed by atoms with Crippen LogP contribution in [-0.2, 0) is 4.79 Å². The smallest absolute Gasteiger partial charge is 0.239 e. The van der Waals surface area contributed by atoms with E-state index in [0.717, 1.165) is 5.56 Å². The Balaban J connectivity index is 1.68. The predicted octanol–water partition coefficient (Wildman–Crippen LogP) is 2.62. The van der Waals surface area contributed by atoms with Crippen LogP contribution in [-0.4, -0.2) is 40.1 Å². The fraction of sp³-hybridized carbons (Fsp3) is 0.294. The Morgan fingerprint density at radius 3 is 2.96 bits per heavy atom. The molecule has 126 valence electrons. The SMILES string of the molecule is O=C(CN1C[C@@H](O)C[C@@H]1c1cccc(F)c1)Nc1ccc(Cl)cn1. The second-order valence-corrected chi connectivity index (χ2v) is 6.24. The summed E-state index contributed by atoms with van der Waals surface area (Å²) >= 11 is 5.76. The van der Waals surface area contributed by atoms with Gasteiger partial charge in [0.05, 0.1) is 17.7 Å². The molecule has 2 aromatic rings. The topological polar surface area (TPSA) is 65.5 Å². The van der Waals surface area contributed by atoms with Crippen LogP contribution in [0.15, 0.2) is 42.6 Å². The normalized spacial score (nSPS) is 21.0. The quantitative estimate of drug-likeness (QED) is 0.890. The molecule has 5 nitrogen and oxygen atoms in total. The van der Waals surface area contributed by atoms with Gasteiger partial charge in [0.25, 0.3) is 0 Å². The number of aliphatic hydroxyl groups is 1. The summed E-state index contributed by atoms with van der Waals surface area (Å²) in [5.41, 5.74) is 0.754. The summed E-state index contributed by atoms with van der Waals surface area (Å²) in [7, 11) is 0. The van der Waals surface area contributed by atoms with Gasteiger partial charge < -0.3 is 10.4 Å². The number of carbonyl (C=O) groups excluding carboxylic acids is 1. The van der Waals surface area contributed by atoms with Crippen molar-refractivity contribution in [2.45, 2.75) is 18.6 Å². The molecule has 1 aromatic heterocycles. The van der Waals surface area contributed by atoms with E-state index in [1.807, 2.05) is 4.90 Å². The van der Waals surface area contributed by atoms with Crippen LogP contribution in [0.1, 0.15) is 18.0 Å². The van der Waals surface area contributed by atoms with E-state index in [4.69, 9.17) is 11.6 Å². The maximum Gasteiger partial charge on any atom is 0.239 e. The summed E-state index contributed by atoms with van der Waals surface area (Å²) in [6.45, 7) is 0.450. The fourth-order valence-electron chi connectivity index (χ4n) is 2.93. The molecule has 0 radical (unpaired) electrons. The van der Waals surface area contributed by atoms with Gasteiger partial charge in [-0.1, -0.05) is 23.7 Å². The molecule has 3 rings (SSSR count). The summed E-state index contributed by atoms with van der Waals surface area (Å²) in [4.78, 5) is 18.1. The predicted molar refractivity (Wildman–Crippen MR) is 89.2 cm³/mol. The first-order valence-corrected chi connectivity index (χ1v) is 7.98. The van der Waals surface area contributed by atoms with Gasteiger partial charge >= 0.3 is 0 Å². The summed E-state index contributed by atoms with van der Waals surface area (Å²) in [6.07, 6.45) is 1.38. The molecule has 0 spiro atoms. The van der Waals surface area contributed by atoms with E-state index in [1.54, 1.807) is 24.3 Å². The number of hydrogen-bond donors (Lipinski definition) is 2. The van der Waals surface area contributed by atoms with Crippen molar-refractivity contribution < 1.29 is 14.3 Å². The summed E-state index contributed by atoms with van der Waals surface area (Å²) < 4.78 is 13.4. The van der Waals surface area contributed by atoms with Crippen LogP contribution < -0.4 is 5.32 Å². The minimum Gasteiger partial charge on any atom is -0.392 e. The number of likely N-dealkylation sites (tertiary alicyclic amines) is 1. The van der Waals surface area contributed by atoms with Crippen molar-refractivity contribution in [3.63, 3.8) is 0 Å². The highest BCUT2D eigenvalue weighted by atomic mass is 35.5. The largest absolute Gasteiger partial charge is 0.392 e. The second-order valence-electron chi connectivity index (χ2n) is 5.80. The first-order chi connectivity index (χ1) is 11.5. The van der Waals surface area contributed by atoms with E-state index < -0.39 is 6.10 Å². The lowest BCUT2D eigenvalue weighted by molar-refractivity contribution is -0.117. The van der Waals surface area contributed by atoms with Gasteiger partial charge in [-0.15, -0.1) is 0 Å². The molecule has 1 aliphatic rings. The van der Waals surface area contributed by atoms with Crippen LogP contribution in [0.25, 0.3) is 0 Å². The third-order valence-electron chi connectivity index (χ3n) is 3.96. The molecule has 0 saturated carbocycles. The summed E-state index contributed by atoms with van der Waals surface area (Å²) in [5.74, 6) is -0.171. The molecule has 0 bridgehead atoms. The molecule has 1 aliphatic heterocycles. The highest BCUT2D eigenvalue weighted by Crippen LogP contribution is 2.32. The lowest BCUT2D eigenvalue weighted by Gasteiger charge is -2.23. The molecule has 1 amide bonds. The number of nitrogens with zero attached hydrogens (tertiary/aromatic N) is 2. The number of anilines is 1. The second kappa shape index (κ2) is 7.25. The van der Waals surface area contributed by atoms with Crippen LogP contribution in [0.3, 0.4) is 0 Å². The molecule has 2 atom stereocenters. The van der Waals surface area contributed by atoms with E-state index >= 15 is 0 Å². The molecule has 0 aliphatic carbocycles. The summed E-state index contributed by atoms with van der Waals surface area (Å²) in [5, 5.41) is 13.1. The van der Waals surface area contributed by atoms with Gasteiger partial charge in [0.2, 0.25) is 5.91 Å². The molecular weight excluding hydrogens is 333 g/mol. The number of β-amino-alcohol motifs (C(OH)–C–C–N with tert-alkyl or cyclic N) is 1. The van der Waals surface area contributed by atoms with Gasteiger partial charge in [0, 0.05) is 18.8 Å². The Hall–Kier alpha value is -2.02. The maximum atomic E-state index is 13.4. The number of halogens is 2. The number of nitrogens with one attached hydrogen (secondary N) is 1. The monoisotopic (exact) mass is 349 g/mol. The third kappa shape index (κ3) is 4.08. The van der Waals surface area contributed by atoms with Crippen molar-refractivity contribution in [1.82, 2.24) is 9.88 Å². The third-order valence-corrected chi connectivity index (χ3v) is 4.18. The molecule has 1 saturated heterocycles. The number of pyridine rings is 1. The van der Waals surface area contributed by atoms with Gasteiger partial charge in [-0.3, -0.25) is 9.69 Å². The van der Waals surface area contributed by atoms with Gasteiger partial charge in [-0.05, 0) is 36.2 Å². The fourth-order valence-corrected chi connectivity index (χ4v) is 3.04. The standard InChI is InChI=1S/C17H17ClFN3O2/c18-12-4-5-16(20-8-12)21-17(24)10-22-9-14(23)7-15(22)11-2-1-3-13(19)6-11/h1-6,8,14-15,23H,7,9-10H2,(H,20,21,24)/t14-,15+/m0/s1. The number of amides is 1. The molecule has 1 fully saturated rings. The molecule has 24 heavy (non-hydrogen) atoms. The van der Waals surface area contributed by atoms with Crippen molar-refractivity contribution in [3.8, 4) is 0 Å². The number of benzene rings is 1. The molecule has 0 unspecified atom stereocenters. The van der Waals surface area contributed by atoms with E-state index in [9.17, 15) is 14.3 Å². The van der Waals surface area contributed by atoms with Gasteiger partial charge in [-0.2, -0.15) is 0 Å². The number of aromatic nitrogens is 1. The van der Waals surface area contributed by atoms with Gasteiger partial charge in [-0.25, -0.2) is 9.37 Å². The Kier molecular flexibility index (Phi) is 5.08. The molecule has 2 heterocycles. The molecular formula is C17H17ClFN3O2. The molecule has 1 aromatic carbocycles. The van der Waals surface area contributed by atoms with Crippen molar-refractivity contribution in [2.24, 2.45) is 0 Å². The number of rotatable bonds is 4. The van der Waals surface area contributed by atoms with Gasteiger partial charge in [0.1, 0.15) is 11.6 Å². The van der Waals surface area contributed by atoms with Crippen LogP contribution in [0.5, 0.6) is 0 Å². The Morgan fingerprint density at radius 2 is 2.25 bits per heavy atom. The minimum atomic E-state index is -0.542. The van der Waals surface area contributed by atoms with E-state index in [-0.39, 0.29) is 24.3 Å². The van der Waals surface area contributed by atoms with E-state index in [0.29, 0.717) is 23.8 Å². The zero-order valence-corrected chi connectivity index (χ0v) is 13.6. The van der Waals surface area contributed by atoms with Crippen LogP contribution in [0, 0.1) is 5.82 Å². The van der Waals surface area contributed by atoms with Crippen molar-refractivity contribution >= 4 is 23.3 Å². The van der Waals surface area contributed by atoms with Crippen molar-refractivity contribution in [1.29, 1.82) is 0 Å². The van der Waals surface area contributed by atoms with Gasteiger partial charge in [0.15, 0.2) is 0 Å². The average Bonchev–Trinajstić information content (AvgIpc) is 2.90.